The highest BCUT2D eigenvalue weighted by atomic mass is 16.5. The van der Waals surface area contributed by atoms with E-state index < -0.39 is 18.0 Å². The SMILES string of the molecule is CCC(CC)NC(=O)C(C)N(CC(=O)OC)CC(=O)OC. The van der Waals surface area contributed by atoms with Gasteiger partial charge in [-0.05, 0) is 19.8 Å². The van der Waals surface area contributed by atoms with Gasteiger partial charge in [-0.2, -0.15) is 0 Å². The number of esters is 2. The lowest BCUT2D eigenvalue weighted by molar-refractivity contribution is -0.147. The van der Waals surface area contributed by atoms with Gasteiger partial charge in [-0.25, -0.2) is 0 Å². The van der Waals surface area contributed by atoms with E-state index in [9.17, 15) is 14.4 Å². The summed E-state index contributed by atoms with van der Waals surface area (Å²) in [5.41, 5.74) is 0. The van der Waals surface area contributed by atoms with Crippen LogP contribution < -0.4 is 5.32 Å². The van der Waals surface area contributed by atoms with Crippen molar-refractivity contribution in [2.24, 2.45) is 0 Å². The molecule has 1 amide bonds. The minimum absolute atomic E-state index is 0.0815. The number of rotatable bonds is 9. The van der Waals surface area contributed by atoms with E-state index in [1.165, 1.54) is 19.1 Å². The van der Waals surface area contributed by atoms with Crippen molar-refractivity contribution >= 4 is 17.8 Å². The van der Waals surface area contributed by atoms with Crippen molar-refractivity contribution in [1.29, 1.82) is 0 Å². The van der Waals surface area contributed by atoms with Gasteiger partial charge in [0.15, 0.2) is 0 Å². The fourth-order valence-electron chi connectivity index (χ4n) is 1.77. The summed E-state index contributed by atoms with van der Waals surface area (Å²) in [5, 5.41) is 2.89. The minimum atomic E-state index is -0.635. The summed E-state index contributed by atoms with van der Waals surface area (Å²) >= 11 is 0. The zero-order valence-corrected chi connectivity index (χ0v) is 13.5. The summed E-state index contributed by atoms with van der Waals surface area (Å²) in [4.78, 5) is 36.4. The van der Waals surface area contributed by atoms with E-state index in [4.69, 9.17) is 0 Å². The zero-order chi connectivity index (χ0) is 16.4. The molecule has 0 aromatic rings. The van der Waals surface area contributed by atoms with Crippen LogP contribution in [0.3, 0.4) is 0 Å². The summed E-state index contributed by atoms with van der Waals surface area (Å²) < 4.78 is 9.17. The van der Waals surface area contributed by atoms with Crippen molar-refractivity contribution in [3.63, 3.8) is 0 Å². The Morgan fingerprint density at radius 2 is 1.43 bits per heavy atom. The maximum atomic E-state index is 12.2. The average molecular weight is 302 g/mol. The maximum Gasteiger partial charge on any atom is 0.319 e. The first-order valence-corrected chi connectivity index (χ1v) is 7.07. The fourth-order valence-corrected chi connectivity index (χ4v) is 1.77. The standard InChI is InChI=1S/C14H26N2O5/c1-6-11(7-2)15-14(19)10(3)16(8-12(17)20-4)9-13(18)21-5/h10-11H,6-9H2,1-5H3,(H,15,19). The first kappa shape index (κ1) is 19.4. The first-order valence-electron chi connectivity index (χ1n) is 7.07. The molecular formula is C14H26N2O5. The smallest absolute Gasteiger partial charge is 0.319 e. The lowest BCUT2D eigenvalue weighted by Crippen LogP contribution is -2.51. The van der Waals surface area contributed by atoms with Crippen molar-refractivity contribution in [3.8, 4) is 0 Å². The van der Waals surface area contributed by atoms with Gasteiger partial charge in [-0.1, -0.05) is 13.8 Å². The third-order valence-corrected chi connectivity index (χ3v) is 3.38. The highest BCUT2D eigenvalue weighted by molar-refractivity contribution is 5.83. The van der Waals surface area contributed by atoms with Crippen molar-refractivity contribution in [1.82, 2.24) is 10.2 Å². The van der Waals surface area contributed by atoms with Crippen molar-refractivity contribution < 1.29 is 23.9 Å². The van der Waals surface area contributed by atoms with Crippen LogP contribution in [-0.2, 0) is 23.9 Å². The van der Waals surface area contributed by atoms with Gasteiger partial charge in [-0.3, -0.25) is 19.3 Å². The Morgan fingerprint density at radius 3 is 1.76 bits per heavy atom. The van der Waals surface area contributed by atoms with Gasteiger partial charge < -0.3 is 14.8 Å². The number of ether oxygens (including phenoxy) is 2. The largest absolute Gasteiger partial charge is 0.468 e. The van der Waals surface area contributed by atoms with Crippen LogP contribution in [0.2, 0.25) is 0 Å². The van der Waals surface area contributed by atoms with Gasteiger partial charge in [0.2, 0.25) is 5.91 Å². The molecular weight excluding hydrogens is 276 g/mol. The molecule has 7 heteroatoms. The molecule has 0 heterocycles. The van der Waals surface area contributed by atoms with Crippen LogP contribution in [-0.4, -0.2) is 62.1 Å². The molecule has 21 heavy (non-hydrogen) atoms. The van der Waals surface area contributed by atoms with Crippen molar-refractivity contribution in [2.75, 3.05) is 27.3 Å². The molecule has 0 aromatic heterocycles. The van der Waals surface area contributed by atoms with E-state index in [0.29, 0.717) is 0 Å². The molecule has 0 saturated heterocycles. The van der Waals surface area contributed by atoms with Crippen LogP contribution in [0.25, 0.3) is 0 Å². The Labute approximate surface area is 126 Å². The maximum absolute atomic E-state index is 12.2. The molecule has 0 saturated carbocycles. The highest BCUT2D eigenvalue weighted by Gasteiger charge is 2.26. The molecule has 0 rings (SSSR count). The normalized spacial score (nSPS) is 12.1. The fraction of sp³-hybridized carbons (Fsp3) is 0.786. The molecule has 0 aliphatic rings. The highest BCUT2D eigenvalue weighted by Crippen LogP contribution is 2.04. The van der Waals surface area contributed by atoms with Crippen LogP contribution in [0.15, 0.2) is 0 Å². The van der Waals surface area contributed by atoms with Crippen LogP contribution in [0.4, 0.5) is 0 Å². The number of carbonyl (C=O) groups excluding carboxylic acids is 3. The van der Waals surface area contributed by atoms with Gasteiger partial charge in [-0.15, -0.1) is 0 Å². The van der Waals surface area contributed by atoms with Crippen LogP contribution in [0, 0.1) is 0 Å². The summed E-state index contributed by atoms with van der Waals surface area (Å²) in [6.45, 7) is 5.31. The third-order valence-electron chi connectivity index (χ3n) is 3.38. The van der Waals surface area contributed by atoms with E-state index in [2.05, 4.69) is 14.8 Å². The first-order chi connectivity index (χ1) is 9.89. The lowest BCUT2D eigenvalue weighted by atomic mass is 10.1. The lowest BCUT2D eigenvalue weighted by Gasteiger charge is -2.27. The molecule has 0 spiro atoms. The molecule has 1 unspecified atom stereocenters. The predicted molar refractivity (Wildman–Crippen MR) is 77.6 cm³/mol. The van der Waals surface area contributed by atoms with Crippen molar-refractivity contribution in [3.05, 3.63) is 0 Å². The van der Waals surface area contributed by atoms with Crippen LogP contribution >= 0.6 is 0 Å². The van der Waals surface area contributed by atoms with Gasteiger partial charge in [0, 0.05) is 6.04 Å². The van der Waals surface area contributed by atoms with E-state index in [-0.39, 0.29) is 25.0 Å². The molecule has 0 aromatic carbocycles. The third kappa shape index (κ3) is 7.08. The van der Waals surface area contributed by atoms with Crippen LogP contribution in [0.1, 0.15) is 33.6 Å². The number of nitrogens with zero attached hydrogens (tertiary/aromatic N) is 1. The second kappa shape index (κ2) is 10.1. The summed E-state index contributed by atoms with van der Waals surface area (Å²) in [5.74, 6) is -1.25. The molecule has 7 nitrogen and oxygen atoms in total. The second-order valence-corrected chi connectivity index (χ2v) is 4.76. The Bertz CT molecular complexity index is 337. The molecule has 1 N–H and O–H groups in total. The van der Waals surface area contributed by atoms with Crippen LogP contribution in [0.5, 0.6) is 0 Å². The van der Waals surface area contributed by atoms with Crippen molar-refractivity contribution in [2.45, 2.75) is 45.7 Å². The van der Waals surface area contributed by atoms with E-state index in [1.807, 2.05) is 13.8 Å². The second-order valence-electron chi connectivity index (χ2n) is 4.76. The monoisotopic (exact) mass is 302 g/mol. The molecule has 0 aliphatic carbocycles. The molecule has 0 bridgehead atoms. The van der Waals surface area contributed by atoms with Gasteiger partial charge in [0.05, 0.1) is 33.4 Å². The number of amides is 1. The predicted octanol–water partition coefficient (Wildman–Crippen LogP) is 0.328. The molecule has 0 fully saturated rings. The Kier molecular flexibility index (Phi) is 9.36. The number of carbonyl (C=O) groups is 3. The van der Waals surface area contributed by atoms with E-state index in [0.717, 1.165) is 12.8 Å². The summed E-state index contributed by atoms with van der Waals surface area (Å²) in [6.07, 6.45) is 1.64. The zero-order valence-electron chi connectivity index (χ0n) is 13.5. The van der Waals surface area contributed by atoms with Gasteiger partial charge in [0.1, 0.15) is 0 Å². The Hall–Kier alpha value is -1.63. The molecule has 0 radical (unpaired) electrons. The average Bonchev–Trinajstić information content (AvgIpc) is 2.50. The summed E-state index contributed by atoms with van der Waals surface area (Å²) in [7, 11) is 2.52. The number of hydrogen-bond donors (Lipinski definition) is 1. The van der Waals surface area contributed by atoms with Gasteiger partial charge >= 0.3 is 11.9 Å². The topological polar surface area (TPSA) is 84.9 Å². The molecule has 122 valence electrons. The van der Waals surface area contributed by atoms with Gasteiger partial charge in [0.25, 0.3) is 0 Å². The Balaban J connectivity index is 4.82. The number of nitrogens with one attached hydrogen (secondary N) is 1. The summed E-state index contributed by atoms with van der Waals surface area (Å²) in [6, 6.07) is -0.554. The Morgan fingerprint density at radius 1 is 1.00 bits per heavy atom. The quantitative estimate of drug-likeness (QED) is 0.618. The molecule has 1 atom stereocenters. The molecule has 0 aliphatic heterocycles. The number of hydrogen-bond acceptors (Lipinski definition) is 6. The number of methoxy groups -OCH3 is 2. The van der Waals surface area contributed by atoms with E-state index >= 15 is 0 Å². The van der Waals surface area contributed by atoms with E-state index in [1.54, 1.807) is 6.92 Å². The minimum Gasteiger partial charge on any atom is -0.468 e.